The Bertz CT molecular complexity index is 1920. The highest BCUT2D eigenvalue weighted by molar-refractivity contribution is 9.10. The number of ether oxygens (including phenoxy) is 4. The van der Waals surface area contributed by atoms with Crippen LogP contribution < -0.4 is 29.1 Å². The molecule has 0 bridgehead atoms. The van der Waals surface area contributed by atoms with Gasteiger partial charge < -0.3 is 18.9 Å². The minimum atomic E-state index is -0.793. The summed E-state index contributed by atoms with van der Waals surface area (Å²) in [6.07, 6.45) is 1.75. The lowest BCUT2D eigenvalue weighted by molar-refractivity contribution is -0.139. The van der Waals surface area contributed by atoms with E-state index >= 15 is 0 Å². The predicted octanol–water partition coefficient (Wildman–Crippen LogP) is 5.30. The highest BCUT2D eigenvalue weighted by Gasteiger charge is 2.34. The maximum atomic E-state index is 14.0. The van der Waals surface area contributed by atoms with Gasteiger partial charge in [-0.3, -0.25) is 9.36 Å². The summed E-state index contributed by atoms with van der Waals surface area (Å²) >= 11 is 4.74. The fourth-order valence-electron chi connectivity index (χ4n) is 4.78. The van der Waals surface area contributed by atoms with Gasteiger partial charge in [0.2, 0.25) is 0 Å². The van der Waals surface area contributed by atoms with Gasteiger partial charge in [-0.15, -0.1) is 0 Å². The van der Waals surface area contributed by atoms with Crippen LogP contribution in [0.2, 0.25) is 0 Å². The maximum absolute atomic E-state index is 14.0. The number of hydrogen-bond donors (Lipinski definition) is 0. The van der Waals surface area contributed by atoms with Crippen molar-refractivity contribution in [3.05, 3.63) is 119 Å². The highest BCUT2D eigenvalue weighted by atomic mass is 79.9. The number of hydrogen-bond acceptors (Lipinski definition) is 8. The first kappa shape index (κ1) is 30.2. The Hall–Kier alpha value is -4.22. The molecule has 8 nitrogen and oxygen atoms in total. The second-order valence-electron chi connectivity index (χ2n) is 9.49. The summed E-state index contributed by atoms with van der Waals surface area (Å²) in [5.74, 6) is 0.627. The van der Waals surface area contributed by atoms with Crippen molar-refractivity contribution in [2.45, 2.75) is 26.5 Å². The number of rotatable bonds is 9. The lowest BCUT2D eigenvalue weighted by Gasteiger charge is -2.25. The van der Waals surface area contributed by atoms with Crippen LogP contribution in [0.3, 0.4) is 0 Å². The van der Waals surface area contributed by atoms with Gasteiger partial charge in [0.1, 0.15) is 18.2 Å². The Morgan fingerprint density at radius 1 is 1.07 bits per heavy atom. The summed E-state index contributed by atoms with van der Waals surface area (Å²) in [7, 11) is 3.06. The number of carbonyl (C=O) groups excluding carboxylic acids is 1. The van der Waals surface area contributed by atoms with Gasteiger partial charge in [-0.2, -0.15) is 0 Å². The summed E-state index contributed by atoms with van der Waals surface area (Å²) < 4.78 is 38.7. The van der Waals surface area contributed by atoms with E-state index in [0.717, 1.165) is 5.56 Å². The molecule has 11 heteroatoms. The molecule has 0 spiro atoms. The summed E-state index contributed by atoms with van der Waals surface area (Å²) in [5.41, 5.74) is 2.24. The van der Waals surface area contributed by atoms with Gasteiger partial charge in [0.15, 0.2) is 16.3 Å². The van der Waals surface area contributed by atoms with E-state index in [0.29, 0.717) is 47.9 Å². The van der Waals surface area contributed by atoms with E-state index in [1.54, 1.807) is 68.5 Å². The van der Waals surface area contributed by atoms with E-state index in [4.69, 9.17) is 18.9 Å². The van der Waals surface area contributed by atoms with E-state index < -0.39 is 12.0 Å². The monoisotopic (exact) mass is 666 g/mol. The SMILES string of the molecule is CCOC(=O)C1=C(C)N=c2s/c(=C\c3ccc(OCc4ccccc4F)c(Br)c3)c(=O)n2[C@@H]1c1ccc(OC)c(OC)c1. The molecule has 0 N–H and O–H groups in total. The zero-order chi connectivity index (χ0) is 30.7. The molecule has 222 valence electrons. The van der Waals surface area contributed by atoms with Crippen molar-refractivity contribution in [1.82, 2.24) is 4.57 Å². The normalized spacial score (nSPS) is 14.7. The molecule has 0 fully saturated rings. The zero-order valence-electron chi connectivity index (χ0n) is 23.9. The number of methoxy groups -OCH3 is 2. The lowest BCUT2D eigenvalue weighted by atomic mass is 9.95. The number of fused-ring (bicyclic) bond motifs is 1. The summed E-state index contributed by atoms with van der Waals surface area (Å²) in [5, 5.41) is 0. The molecule has 5 rings (SSSR count). The van der Waals surface area contributed by atoms with Gasteiger partial charge >= 0.3 is 5.97 Å². The van der Waals surface area contributed by atoms with Crippen molar-refractivity contribution < 1.29 is 28.1 Å². The number of carbonyl (C=O) groups is 1. The Morgan fingerprint density at radius 3 is 2.51 bits per heavy atom. The van der Waals surface area contributed by atoms with Crippen molar-refractivity contribution >= 4 is 39.3 Å². The number of benzene rings is 3. The molecule has 43 heavy (non-hydrogen) atoms. The standard InChI is InChI=1S/C32H28BrFN2O6S/c1-5-41-31(38)28-18(2)35-32-36(29(28)20-11-13-25(39-3)26(16-20)40-4)30(37)27(43-32)15-19-10-12-24(22(33)14-19)42-17-21-8-6-7-9-23(21)34/h6-16,29H,5,17H2,1-4H3/b27-15-/t29-/m1/s1. The molecular weight excluding hydrogens is 639 g/mol. The fraction of sp³-hybridized carbons (Fsp3) is 0.219. The van der Waals surface area contributed by atoms with Crippen LogP contribution in [0.15, 0.2) is 86.2 Å². The van der Waals surface area contributed by atoms with Crippen LogP contribution >= 0.6 is 27.3 Å². The second-order valence-corrected chi connectivity index (χ2v) is 11.4. The van der Waals surface area contributed by atoms with E-state index in [9.17, 15) is 14.0 Å². The number of allylic oxidation sites excluding steroid dienone is 1. The fourth-order valence-corrected chi connectivity index (χ4v) is 6.33. The van der Waals surface area contributed by atoms with Crippen LogP contribution in [-0.2, 0) is 16.1 Å². The maximum Gasteiger partial charge on any atom is 0.338 e. The molecule has 0 aliphatic carbocycles. The van der Waals surface area contributed by atoms with Crippen LogP contribution in [-0.4, -0.2) is 31.4 Å². The first-order chi connectivity index (χ1) is 20.7. The molecule has 1 aromatic heterocycles. The van der Waals surface area contributed by atoms with Crippen LogP contribution in [0.25, 0.3) is 6.08 Å². The van der Waals surface area contributed by atoms with Gasteiger partial charge in [0.05, 0.1) is 47.1 Å². The number of thiazole rings is 1. The van der Waals surface area contributed by atoms with Crippen LogP contribution in [0.1, 0.15) is 36.6 Å². The minimum Gasteiger partial charge on any atom is -0.493 e. The number of nitrogens with zero attached hydrogens (tertiary/aromatic N) is 2. The summed E-state index contributed by atoms with van der Waals surface area (Å²) in [6.45, 7) is 3.70. The first-order valence-electron chi connectivity index (χ1n) is 13.3. The van der Waals surface area contributed by atoms with Crippen LogP contribution in [0.4, 0.5) is 4.39 Å². The van der Waals surface area contributed by atoms with Gasteiger partial charge in [0.25, 0.3) is 5.56 Å². The summed E-state index contributed by atoms with van der Waals surface area (Å²) in [6, 6.07) is 16.3. The number of esters is 1. The van der Waals surface area contributed by atoms with Crippen molar-refractivity contribution in [2.24, 2.45) is 4.99 Å². The predicted molar refractivity (Wildman–Crippen MR) is 165 cm³/mol. The average molecular weight is 668 g/mol. The Balaban J connectivity index is 1.56. The summed E-state index contributed by atoms with van der Waals surface area (Å²) in [4.78, 5) is 32.2. The van der Waals surface area contributed by atoms with E-state index in [1.807, 2.05) is 6.07 Å². The van der Waals surface area contributed by atoms with Crippen molar-refractivity contribution in [1.29, 1.82) is 0 Å². The third-order valence-electron chi connectivity index (χ3n) is 6.84. The third kappa shape index (κ3) is 6.14. The molecule has 1 atom stereocenters. The smallest absolute Gasteiger partial charge is 0.338 e. The molecule has 0 saturated heterocycles. The zero-order valence-corrected chi connectivity index (χ0v) is 26.3. The lowest BCUT2D eigenvalue weighted by Crippen LogP contribution is -2.39. The Kier molecular flexibility index (Phi) is 9.12. The third-order valence-corrected chi connectivity index (χ3v) is 8.44. The minimum absolute atomic E-state index is 0.0709. The quantitative estimate of drug-likeness (QED) is 0.226. The van der Waals surface area contributed by atoms with Crippen molar-refractivity contribution in [3.63, 3.8) is 0 Å². The van der Waals surface area contributed by atoms with E-state index in [1.165, 1.54) is 36.2 Å². The van der Waals surface area contributed by atoms with Crippen LogP contribution in [0.5, 0.6) is 17.2 Å². The Morgan fingerprint density at radius 2 is 1.81 bits per heavy atom. The molecular formula is C32H28BrFN2O6S. The van der Waals surface area contributed by atoms with E-state index in [2.05, 4.69) is 20.9 Å². The Labute approximate surface area is 259 Å². The van der Waals surface area contributed by atoms with Gasteiger partial charge in [0, 0.05) is 5.56 Å². The van der Waals surface area contributed by atoms with Crippen LogP contribution in [0, 0.1) is 5.82 Å². The molecule has 0 amide bonds. The van der Waals surface area contributed by atoms with Gasteiger partial charge in [-0.05, 0) is 77.3 Å². The second kappa shape index (κ2) is 13.0. The van der Waals surface area contributed by atoms with E-state index in [-0.39, 0.29) is 30.2 Å². The van der Waals surface area contributed by atoms with Crippen molar-refractivity contribution in [2.75, 3.05) is 20.8 Å². The average Bonchev–Trinajstić information content (AvgIpc) is 3.30. The largest absolute Gasteiger partial charge is 0.493 e. The number of halogens is 2. The highest BCUT2D eigenvalue weighted by Crippen LogP contribution is 2.36. The molecule has 4 aromatic rings. The molecule has 2 heterocycles. The molecule has 1 aliphatic rings. The number of aromatic nitrogens is 1. The first-order valence-corrected chi connectivity index (χ1v) is 14.9. The van der Waals surface area contributed by atoms with Crippen molar-refractivity contribution in [3.8, 4) is 17.2 Å². The molecule has 0 unspecified atom stereocenters. The molecule has 1 aliphatic heterocycles. The topological polar surface area (TPSA) is 88.4 Å². The molecule has 0 radical (unpaired) electrons. The van der Waals surface area contributed by atoms with Gasteiger partial charge in [-0.1, -0.05) is 41.7 Å². The molecule has 3 aromatic carbocycles. The molecule has 0 saturated carbocycles. The van der Waals surface area contributed by atoms with Gasteiger partial charge in [-0.25, -0.2) is 14.2 Å².